The van der Waals surface area contributed by atoms with Gasteiger partial charge in [0.05, 0.1) is 7.11 Å². The predicted octanol–water partition coefficient (Wildman–Crippen LogP) is 2.20. The fraction of sp³-hybridized carbons (Fsp3) is 0.471. The lowest BCUT2D eigenvalue weighted by Crippen LogP contribution is -2.43. The summed E-state index contributed by atoms with van der Waals surface area (Å²) in [5.41, 5.74) is 0.246. The van der Waals surface area contributed by atoms with E-state index in [0.29, 0.717) is 13.0 Å². The van der Waals surface area contributed by atoms with E-state index in [1.54, 1.807) is 6.92 Å². The maximum absolute atomic E-state index is 13.2. The van der Waals surface area contributed by atoms with Crippen LogP contribution in [-0.4, -0.2) is 42.3 Å². The third kappa shape index (κ3) is 3.94. The van der Waals surface area contributed by atoms with Crippen LogP contribution in [0.2, 0.25) is 0 Å². The zero-order chi connectivity index (χ0) is 17.0. The van der Waals surface area contributed by atoms with Gasteiger partial charge in [0.1, 0.15) is 11.9 Å². The Morgan fingerprint density at radius 3 is 2.78 bits per heavy atom. The van der Waals surface area contributed by atoms with Gasteiger partial charge in [-0.2, -0.15) is 0 Å². The molecule has 1 aliphatic heterocycles. The second-order valence-corrected chi connectivity index (χ2v) is 5.75. The Kier molecular flexibility index (Phi) is 5.47. The van der Waals surface area contributed by atoms with Crippen molar-refractivity contribution in [3.63, 3.8) is 0 Å². The van der Waals surface area contributed by atoms with Gasteiger partial charge in [-0.1, -0.05) is 19.1 Å². The summed E-state index contributed by atoms with van der Waals surface area (Å²) in [6.45, 7) is 2.13. The minimum atomic E-state index is -0.573. The molecule has 1 heterocycles. The Balaban J connectivity index is 2.02. The largest absolute Gasteiger partial charge is 0.467 e. The minimum Gasteiger partial charge on any atom is -0.467 e. The van der Waals surface area contributed by atoms with E-state index in [2.05, 4.69) is 0 Å². The van der Waals surface area contributed by atoms with Crippen molar-refractivity contribution in [3.8, 4) is 0 Å². The molecule has 1 aromatic rings. The van der Waals surface area contributed by atoms with Crippen LogP contribution in [0.3, 0.4) is 0 Å². The van der Waals surface area contributed by atoms with Crippen molar-refractivity contribution >= 4 is 17.7 Å². The van der Waals surface area contributed by atoms with E-state index in [-0.39, 0.29) is 23.7 Å². The molecule has 1 saturated heterocycles. The highest BCUT2D eigenvalue weighted by molar-refractivity contribution is 5.99. The summed E-state index contributed by atoms with van der Waals surface area (Å²) in [6, 6.07) is 4.83. The van der Waals surface area contributed by atoms with Crippen LogP contribution in [0.1, 0.15) is 36.5 Å². The Morgan fingerprint density at radius 1 is 1.39 bits per heavy atom. The zero-order valence-electron chi connectivity index (χ0n) is 13.3. The highest BCUT2D eigenvalue weighted by Gasteiger charge is 2.36. The molecule has 6 heteroatoms. The molecule has 0 radical (unpaired) electrons. The molecule has 2 atom stereocenters. The van der Waals surface area contributed by atoms with E-state index < -0.39 is 23.7 Å². The van der Waals surface area contributed by atoms with E-state index in [9.17, 15) is 18.8 Å². The molecule has 0 bridgehead atoms. The normalized spacial score (nSPS) is 18.6. The molecule has 2 rings (SSSR count). The van der Waals surface area contributed by atoms with Crippen molar-refractivity contribution in [2.24, 2.45) is 5.92 Å². The van der Waals surface area contributed by atoms with Crippen molar-refractivity contribution in [3.05, 3.63) is 35.6 Å². The number of likely N-dealkylation sites (tertiary alicyclic amines) is 1. The average Bonchev–Trinajstić information content (AvgIpc) is 3.02. The standard InChI is InChI=1S/C17H20FNO4/c1-11(9-15(20)12-5-3-6-13(18)10-12)16(21)19-8-4-7-14(19)17(22)23-2/h3,5-6,10-11,14H,4,7-9H2,1-2H3/t11?,14-/m0/s1. The number of rotatable bonds is 5. The fourth-order valence-electron chi connectivity index (χ4n) is 2.84. The molecule has 0 spiro atoms. The van der Waals surface area contributed by atoms with Gasteiger partial charge in [-0.25, -0.2) is 9.18 Å². The molecule has 0 saturated carbocycles. The minimum absolute atomic E-state index is 0.0212. The Hall–Kier alpha value is -2.24. The first-order chi connectivity index (χ1) is 10.9. The highest BCUT2D eigenvalue weighted by Crippen LogP contribution is 2.22. The van der Waals surface area contributed by atoms with Crippen LogP contribution < -0.4 is 0 Å². The topological polar surface area (TPSA) is 63.7 Å². The smallest absolute Gasteiger partial charge is 0.328 e. The zero-order valence-corrected chi connectivity index (χ0v) is 13.3. The van der Waals surface area contributed by atoms with Gasteiger partial charge in [-0.05, 0) is 25.0 Å². The second-order valence-electron chi connectivity index (χ2n) is 5.75. The average molecular weight is 321 g/mol. The molecule has 1 fully saturated rings. The first-order valence-corrected chi connectivity index (χ1v) is 7.61. The molecule has 1 aromatic carbocycles. The maximum Gasteiger partial charge on any atom is 0.328 e. The van der Waals surface area contributed by atoms with Crippen LogP contribution in [0.15, 0.2) is 24.3 Å². The molecule has 1 aliphatic rings. The lowest BCUT2D eigenvalue weighted by Gasteiger charge is -2.25. The van der Waals surface area contributed by atoms with E-state index >= 15 is 0 Å². The van der Waals surface area contributed by atoms with Crippen LogP contribution in [0.4, 0.5) is 4.39 Å². The van der Waals surface area contributed by atoms with Crippen LogP contribution >= 0.6 is 0 Å². The summed E-state index contributed by atoms with van der Waals surface area (Å²) in [5, 5.41) is 0. The van der Waals surface area contributed by atoms with Gasteiger partial charge < -0.3 is 9.64 Å². The molecule has 1 unspecified atom stereocenters. The van der Waals surface area contributed by atoms with E-state index in [1.807, 2.05) is 0 Å². The number of amides is 1. The molecule has 0 aliphatic carbocycles. The number of hydrogen-bond donors (Lipinski definition) is 0. The second kappa shape index (κ2) is 7.35. The first-order valence-electron chi connectivity index (χ1n) is 7.61. The summed E-state index contributed by atoms with van der Waals surface area (Å²) in [6.07, 6.45) is 1.28. The summed E-state index contributed by atoms with van der Waals surface area (Å²) in [4.78, 5) is 37.9. The van der Waals surface area contributed by atoms with Crippen LogP contribution in [0, 0.1) is 11.7 Å². The fourth-order valence-corrected chi connectivity index (χ4v) is 2.84. The predicted molar refractivity (Wildman–Crippen MR) is 81.3 cm³/mol. The van der Waals surface area contributed by atoms with Gasteiger partial charge in [0.25, 0.3) is 0 Å². The molecule has 1 amide bonds. The van der Waals surface area contributed by atoms with Gasteiger partial charge in [0.2, 0.25) is 5.91 Å². The lowest BCUT2D eigenvalue weighted by atomic mass is 9.98. The summed E-state index contributed by atoms with van der Waals surface area (Å²) >= 11 is 0. The van der Waals surface area contributed by atoms with Gasteiger partial charge in [0, 0.05) is 24.4 Å². The van der Waals surface area contributed by atoms with Crippen LogP contribution in [0.5, 0.6) is 0 Å². The number of esters is 1. The highest BCUT2D eigenvalue weighted by atomic mass is 19.1. The third-order valence-corrected chi connectivity index (χ3v) is 4.07. The van der Waals surface area contributed by atoms with Crippen molar-refractivity contribution < 1.29 is 23.5 Å². The van der Waals surface area contributed by atoms with Crippen molar-refractivity contribution in [1.82, 2.24) is 4.90 Å². The summed E-state index contributed by atoms with van der Waals surface area (Å²) in [5.74, 6) is -2.03. The van der Waals surface area contributed by atoms with Gasteiger partial charge in [0.15, 0.2) is 5.78 Å². The van der Waals surface area contributed by atoms with Crippen LogP contribution in [0.25, 0.3) is 0 Å². The summed E-state index contributed by atoms with van der Waals surface area (Å²) in [7, 11) is 1.29. The van der Waals surface area contributed by atoms with Gasteiger partial charge >= 0.3 is 5.97 Å². The van der Waals surface area contributed by atoms with E-state index in [1.165, 1.54) is 30.2 Å². The molecule has 23 heavy (non-hydrogen) atoms. The number of carbonyl (C=O) groups excluding carboxylic acids is 3. The van der Waals surface area contributed by atoms with Crippen molar-refractivity contribution in [2.75, 3.05) is 13.7 Å². The Morgan fingerprint density at radius 2 is 2.13 bits per heavy atom. The number of benzene rings is 1. The number of halogens is 1. The molecule has 0 N–H and O–H groups in total. The maximum atomic E-state index is 13.2. The number of Topliss-reactive ketones (excluding diaryl/α,β-unsaturated/α-hetero) is 1. The molecule has 124 valence electrons. The van der Waals surface area contributed by atoms with Crippen molar-refractivity contribution in [1.29, 1.82) is 0 Å². The van der Waals surface area contributed by atoms with Crippen molar-refractivity contribution in [2.45, 2.75) is 32.2 Å². The SMILES string of the molecule is COC(=O)[C@@H]1CCCN1C(=O)C(C)CC(=O)c1cccc(F)c1. The molecule has 0 aromatic heterocycles. The van der Waals surface area contributed by atoms with E-state index in [0.717, 1.165) is 12.5 Å². The monoisotopic (exact) mass is 321 g/mol. The quantitative estimate of drug-likeness (QED) is 0.616. The summed E-state index contributed by atoms with van der Waals surface area (Å²) < 4.78 is 17.9. The number of hydrogen-bond acceptors (Lipinski definition) is 4. The lowest BCUT2D eigenvalue weighted by molar-refractivity contribution is -0.152. The molecular weight excluding hydrogens is 301 g/mol. The number of methoxy groups -OCH3 is 1. The van der Waals surface area contributed by atoms with Crippen LogP contribution in [-0.2, 0) is 14.3 Å². The molecule has 5 nitrogen and oxygen atoms in total. The molecular formula is C17H20FNO4. The first kappa shape index (κ1) is 17.1. The number of ether oxygens (including phenoxy) is 1. The van der Waals surface area contributed by atoms with E-state index in [4.69, 9.17) is 4.74 Å². The Labute approximate surface area is 134 Å². The Bertz CT molecular complexity index is 616. The number of carbonyl (C=O) groups is 3. The van der Waals surface area contributed by atoms with Gasteiger partial charge in [-0.3, -0.25) is 9.59 Å². The number of nitrogens with zero attached hydrogens (tertiary/aromatic N) is 1. The number of ketones is 1. The van der Waals surface area contributed by atoms with Gasteiger partial charge in [-0.15, -0.1) is 0 Å². The third-order valence-electron chi connectivity index (χ3n) is 4.07.